The van der Waals surface area contributed by atoms with E-state index in [9.17, 15) is 0 Å². The van der Waals surface area contributed by atoms with Crippen LogP contribution in [-0.4, -0.2) is 41.0 Å². The van der Waals surface area contributed by atoms with E-state index in [-0.39, 0.29) is 0 Å². The molecule has 0 saturated carbocycles. The van der Waals surface area contributed by atoms with Crippen LogP contribution >= 0.6 is 0 Å². The van der Waals surface area contributed by atoms with E-state index < -0.39 is 0 Å². The molecular weight excluding hydrogens is 188 g/mol. The van der Waals surface area contributed by atoms with Crippen LogP contribution in [0.3, 0.4) is 0 Å². The fourth-order valence-electron chi connectivity index (χ4n) is 1.94. The van der Waals surface area contributed by atoms with E-state index in [1.165, 1.54) is 5.56 Å². The number of aromatic nitrogens is 2. The molecule has 1 aromatic heterocycles. The molecule has 0 radical (unpaired) electrons. The summed E-state index contributed by atoms with van der Waals surface area (Å²) in [6.45, 7) is 9.53. The Bertz CT molecular complexity index is 311. The van der Waals surface area contributed by atoms with Gasteiger partial charge in [-0.3, -0.25) is 4.90 Å². The minimum atomic E-state index is 0.986. The fourth-order valence-corrected chi connectivity index (χ4v) is 1.94. The quantitative estimate of drug-likeness (QED) is 0.765. The van der Waals surface area contributed by atoms with E-state index in [1.54, 1.807) is 6.33 Å². The zero-order valence-corrected chi connectivity index (χ0v) is 9.45. The van der Waals surface area contributed by atoms with Crippen molar-refractivity contribution in [1.82, 2.24) is 20.2 Å². The highest BCUT2D eigenvalue weighted by Crippen LogP contribution is 2.11. The van der Waals surface area contributed by atoms with Gasteiger partial charge in [0.05, 0.1) is 0 Å². The Morgan fingerprint density at radius 3 is 2.40 bits per heavy atom. The number of hydrogen-bond acceptors (Lipinski definition) is 4. The molecule has 1 fully saturated rings. The predicted molar refractivity (Wildman–Crippen MR) is 59.7 cm³/mol. The average Bonchev–Trinajstić information content (AvgIpc) is 2.25. The third-order valence-electron chi connectivity index (χ3n) is 2.97. The van der Waals surface area contributed by atoms with Gasteiger partial charge in [-0.1, -0.05) is 0 Å². The fraction of sp³-hybridized carbons (Fsp3) is 0.636. The summed E-state index contributed by atoms with van der Waals surface area (Å²) in [4.78, 5) is 11.0. The largest absolute Gasteiger partial charge is 0.314 e. The van der Waals surface area contributed by atoms with Crippen molar-refractivity contribution in [2.45, 2.75) is 20.4 Å². The number of aryl methyl sites for hydroxylation is 2. The highest BCUT2D eigenvalue weighted by Gasteiger charge is 2.13. The lowest BCUT2D eigenvalue weighted by Crippen LogP contribution is -2.43. The number of piperazine rings is 1. The van der Waals surface area contributed by atoms with E-state index in [2.05, 4.69) is 34.0 Å². The van der Waals surface area contributed by atoms with E-state index in [0.29, 0.717) is 0 Å². The lowest BCUT2D eigenvalue weighted by molar-refractivity contribution is 0.232. The molecule has 0 bridgehead atoms. The van der Waals surface area contributed by atoms with Crippen LogP contribution in [0.5, 0.6) is 0 Å². The van der Waals surface area contributed by atoms with Gasteiger partial charge in [-0.25, -0.2) is 9.97 Å². The van der Waals surface area contributed by atoms with Gasteiger partial charge in [0.25, 0.3) is 0 Å². The molecule has 0 unspecified atom stereocenters. The molecule has 1 saturated heterocycles. The molecule has 0 aliphatic carbocycles. The van der Waals surface area contributed by atoms with Gasteiger partial charge in [0.2, 0.25) is 0 Å². The molecule has 2 heterocycles. The second kappa shape index (κ2) is 4.68. The molecule has 1 aromatic rings. The lowest BCUT2D eigenvalue weighted by atomic mass is 10.1. The van der Waals surface area contributed by atoms with Crippen molar-refractivity contribution in [3.63, 3.8) is 0 Å². The summed E-state index contributed by atoms with van der Waals surface area (Å²) < 4.78 is 0. The predicted octanol–water partition coefficient (Wildman–Crippen LogP) is 0.499. The van der Waals surface area contributed by atoms with E-state index in [1.807, 2.05) is 0 Å². The number of nitrogens with one attached hydrogen (secondary N) is 1. The molecule has 0 spiro atoms. The van der Waals surface area contributed by atoms with Crippen molar-refractivity contribution in [2.24, 2.45) is 0 Å². The van der Waals surface area contributed by atoms with Crippen LogP contribution in [-0.2, 0) is 6.54 Å². The maximum Gasteiger partial charge on any atom is 0.115 e. The summed E-state index contributed by atoms with van der Waals surface area (Å²) >= 11 is 0. The molecule has 0 aromatic carbocycles. The summed E-state index contributed by atoms with van der Waals surface area (Å²) in [5.74, 6) is 0. The Labute approximate surface area is 90.7 Å². The standard InChI is InChI=1S/C11H18N4/c1-9-11(10(2)14-8-13-9)7-15-5-3-12-4-6-15/h8,12H,3-7H2,1-2H3. The molecule has 82 valence electrons. The summed E-state index contributed by atoms with van der Waals surface area (Å²) in [6.07, 6.45) is 1.64. The minimum absolute atomic E-state index is 0.986. The molecule has 1 N–H and O–H groups in total. The normalized spacial score (nSPS) is 18.0. The zero-order chi connectivity index (χ0) is 10.7. The van der Waals surface area contributed by atoms with Crippen LogP contribution < -0.4 is 5.32 Å². The van der Waals surface area contributed by atoms with Gasteiger partial charge in [0, 0.05) is 49.7 Å². The SMILES string of the molecule is Cc1ncnc(C)c1CN1CCNCC1. The molecular formula is C11H18N4. The maximum atomic E-state index is 4.25. The lowest BCUT2D eigenvalue weighted by Gasteiger charge is -2.27. The second-order valence-corrected chi connectivity index (χ2v) is 4.05. The van der Waals surface area contributed by atoms with Crippen LogP contribution in [0.4, 0.5) is 0 Å². The van der Waals surface area contributed by atoms with Crippen molar-refractivity contribution in [1.29, 1.82) is 0 Å². The number of nitrogens with zero attached hydrogens (tertiary/aromatic N) is 3. The first-order valence-electron chi connectivity index (χ1n) is 5.47. The van der Waals surface area contributed by atoms with Gasteiger partial charge < -0.3 is 5.32 Å². The van der Waals surface area contributed by atoms with Gasteiger partial charge in [-0.2, -0.15) is 0 Å². The molecule has 4 nitrogen and oxygen atoms in total. The van der Waals surface area contributed by atoms with Crippen molar-refractivity contribution >= 4 is 0 Å². The summed E-state index contributed by atoms with van der Waals surface area (Å²) in [5.41, 5.74) is 3.52. The van der Waals surface area contributed by atoms with E-state index in [0.717, 1.165) is 44.1 Å². The van der Waals surface area contributed by atoms with Crippen LogP contribution in [0.2, 0.25) is 0 Å². The first-order chi connectivity index (χ1) is 7.27. The highest BCUT2D eigenvalue weighted by atomic mass is 15.2. The van der Waals surface area contributed by atoms with Crippen molar-refractivity contribution < 1.29 is 0 Å². The van der Waals surface area contributed by atoms with Gasteiger partial charge >= 0.3 is 0 Å². The van der Waals surface area contributed by atoms with Crippen molar-refractivity contribution in [3.05, 3.63) is 23.3 Å². The minimum Gasteiger partial charge on any atom is -0.314 e. The first kappa shape index (κ1) is 10.5. The molecule has 15 heavy (non-hydrogen) atoms. The Morgan fingerprint density at radius 2 is 1.80 bits per heavy atom. The summed E-state index contributed by atoms with van der Waals surface area (Å²) in [6, 6.07) is 0. The third kappa shape index (κ3) is 2.52. The maximum absolute atomic E-state index is 4.25. The monoisotopic (exact) mass is 206 g/mol. The molecule has 1 aliphatic heterocycles. The van der Waals surface area contributed by atoms with Gasteiger partial charge in [0.1, 0.15) is 6.33 Å². The Kier molecular flexibility index (Phi) is 3.28. The van der Waals surface area contributed by atoms with Crippen LogP contribution in [0.1, 0.15) is 17.0 Å². The third-order valence-corrected chi connectivity index (χ3v) is 2.97. The topological polar surface area (TPSA) is 41.1 Å². The molecule has 1 aliphatic rings. The molecule has 0 atom stereocenters. The molecule has 4 heteroatoms. The van der Waals surface area contributed by atoms with Crippen molar-refractivity contribution in [3.8, 4) is 0 Å². The Hall–Kier alpha value is -1.00. The summed E-state index contributed by atoms with van der Waals surface area (Å²) in [5, 5.41) is 3.36. The summed E-state index contributed by atoms with van der Waals surface area (Å²) in [7, 11) is 0. The van der Waals surface area contributed by atoms with Gasteiger partial charge in [-0.15, -0.1) is 0 Å². The van der Waals surface area contributed by atoms with Crippen LogP contribution in [0, 0.1) is 13.8 Å². The van der Waals surface area contributed by atoms with E-state index in [4.69, 9.17) is 0 Å². The Morgan fingerprint density at radius 1 is 1.20 bits per heavy atom. The van der Waals surface area contributed by atoms with Crippen LogP contribution in [0.25, 0.3) is 0 Å². The smallest absolute Gasteiger partial charge is 0.115 e. The van der Waals surface area contributed by atoms with E-state index >= 15 is 0 Å². The van der Waals surface area contributed by atoms with Crippen molar-refractivity contribution in [2.75, 3.05) is 26.2 Å². The van der Waals surface area contributed by atoms with Gasteiger partial charge in [0.15, 0.2) is 0 Å². The van der Waals surface area contributed by atoms with Gasteiger partial charge in [-0.05, 0) is 13.8 Å². The Balaban J connectivity index is 2.09. The van der Waals surface area contributed by atoms with Crippen LogP contribution in [0.15, 0.2) is 6.33 Å². The second-order valence-electron chi connectivity index (χ2n) is 4.05. The number of rotatable bonds is 2. The zero-order valence-electron chi connectivity index (χ0n) is 9.45. The molecule has 2 rings (SSSR count). The average molecular weight is 206 g/mol. The first-order valence-corrected chi connectivity index (χ1v) is 5.47. The highest BCUT2D eigenvalue weighted by molar-refractivity contribution is 5.22. The number of hydrogen-bond donors (Lipinski definition) is 1. The molecule has 0 amide bonds.